The van der Waals surface area contributed by atoms with Gasteiger partial charge in [0.2, 0.25) is 0 Å². The van der Waals surface area contributed by atoms with Crippen LogP contribution in [0.5, 0.6) is 0 Å². The summed E-state index contributed by atoms with van der Waals surface area (Å²) < 4.78 is 1.45. The maximum Gasteiger partial charge on any atom is 0.254 e. The molecule has 4 nitrogen and oxygen atoms in total. The third-order valence-electron chi connectivity index (χ3n) is 1.62. The maximum atomic E-state index is 10.9. The molecule has 0 fully saturated rings. The van der Waals surface area contributed by atoms with E-state index in [9.17, 15) is 4.79 Å². The van der Waals surface area contributed by atoms with Crippen LogP contribution in [0.3, 0.4) is 0 Å². The van der Waals surface area contributed by atoms with E-state index in [2.05, 4.69) is 10.1 Å². The van der Waals surface area contributed by atoms with E-state index < -0.39 is 5.24 Å². The second kappa shape index (κ2) is 2.97. The standard InChI is InChI=1S/C7H3Cl2N3O/c8-6-5-4(7(9)13)1-2-12(5)11-3-10-6/h1-3H. The predicted octanol–water partition coefficient (Wildman–Crippen LogP) is 1.76. The van der Waals surface area contributed by atoms with Crippen LogP contribution in [0.25, 0.3) is 5.52 Å². The van der Waals surface area contributed by atoms with E-state index in [-0.39, 0.29) is 5.15 Å². The summed E-state index contributed by atoms with van der Waals surface area (Å²) in [6.45, 7) is 0. The fourth-order valence-corrected chi connectivity index (χ4v) is 1.46. The highest BCUT2D eigenvalue weighted by atomic mass is 35.5. The third-order valence-corrected chi connectivity index (χ3v) is 2.10. The third kappa shape index (κ3) is 1.28. The monoisotopic (exact) mass is 215 g/mol. The molecule has 0 radical (unpaired) electrons. The number of hydrogen-bond donors (Lipinski definition) is 0. The number of carbonyl (C=O) groups excluding carboxylic acids is 1. The molecule has 0 atom stereocenters. The summed E-state index contributed by atoms with van der Waals surface area (Å²) in [6, 6.07) is 1.55. The molecule has 0 saturated heterocycles. The molecule has 2 aromatic heterocycles. The van der Waals surface area contributed by atoms with Crippen LogP contribution < -0.4 is 0 Å². The highest BCUT2D eigenvalue weighted by Gasteiger charge is 2.12. The quantitative estimate of drug-likeness (QED) is 0.682. The van der Waals surface area contributed by atoms with Gasteiger partial charge in [0, 0.05) is 6.20 Å². The fourth-order valence-electron chi connectivity index (χ4n) is 1.08. The lowest BCUT2D eigenvalue weighted by molar-refractivity contribution is 0.108. The molecule has 0 bridgehead atoms. The van der Waals surface area contributed by atoms with Gasteiger partial charge in [-0.15, -0.1) is 0 Å². The maximum absolute atomic E-state index is 10.9. The fraction of sp³-hybridized carbons (Fsp3) is 0. The minimum absolute atomic E-state index is 0.212. The Hall–Kier alpha value is -1.13. The second-order valence-corrected chi connectivity index (χ2v) is 3.05. The van der Waals surface area contributed by atoms with Crippen molar-refractivity contribution in [3.63, 3.8) is 0 Å². The molecule has 0 saturated carbocycles. The molecule has 0 aliphatic carbocycles. The van der Waals surface area contributed by atoms with Gasteiger partial charge in [0.1, 0.15) is 11.8 Å². The Bertz CT molecular complexity index is 480. The minimum atomic E-state index is -0.570. The summed E-state index contributed by atoms with van der Waals surface area (Å²) in [6.07, 6.45) is 2.90. The van der Waals surface area contributed by atoms with Gasteiger partial charge in [-0.25, -0.2) is 9.50 Å². The summed E-state index contributed by atoms with van der Waals surface area (Å²) in [5, 5.41) is 3.50. The molecule has 0 unspecified atom stereocenters. The smallest absolute Gasteiger partial charge is 0.254 e. The molecular formula is C7H3Cl2N3O. The van der Waals surface area contributed by atoms with E-state index in [4.69, 9.17) is 23.2 Å². The average molecular weight is 216 g/mol. The summed E-state index contributed by atoms with van der Waals surface area (Å²) >= 11 is 11.1. The van der Waals surface area contributed by atoms with Gasteiger partial charge in [0.15, 0.2) is 5.15 Å². The highest BCUT2D eigenvalue weighted by Crippen LogP contribution is 2.19. The van der Waals surface area contributed by atoms with Crippen LogP contribution in [-0.2, 0) is 0 Å². The molecule has 0 spiro atoms. The van der Waals surface area contributed by atoms with Crippen molar-refractivity contribution in [1.82, 2.24) is 14.6 Å². The Morgan fingerprint density at radius 1 is 1.54 bits per heavy atom. The highest BCUT2D eigenvalue weighted by molar-refractivity contribution is 6.68. The number of nitrogens with zero attached hydrogens (tertiary/aromatic N) is 3. The lowest BCUT2D eigenvalue weighted by atomic mass is 10.3. The SMILES string of the molecule is O=C(Cl)c1ccn2ncnc(Cl)c12. The van der Waals surface area contributed by atoms with Gasteiger partial charge in [-0.3, -0.25) is 4.79 Å². The molecule has 6 heteroatoms. The van der Waals surface area contributed by atoms with Gasteiger partial charge in [0.05, 0.1) is 5.56 Å². The minimum Gasteiger partial charge on any atom is -0.276 e. The van der Waals surface area contributed by atoms with E-state index in [1.54, 1.807) is 12.3 Å². The normalized spacial score (nSPS) is 10.6. The number of rotatable bonds is 1. The van der Waals surface area contributed by atoms with Crippen molar-refractivity contribution < 1.29 is 4.79 Å². The van der Waals surface area contributed by atoms with Crippen molar-refractivity contribution >= 4 is 34.0 Å². The van der Waals surface area contributed by atoms with Crippen LogP contribution in [0.4, 0.5) is 0 Å². The first kappa shape index (κ1) is 8.47. The summed E-state index contributed by atoms with van der Waals surface area (Å²) in [4.78, 5) is 14.7. The van der Waals surface area contributed by atoms with Crippen LogP contribution in [0.2, 0.25) is 5.15 Å². The Morgan fingerprint density at radius 2 is 2.31 bits per heavy atom. The van der Waals surface area contributed by atoms with Gasteiger partial charge in [-0.1, -0.05) is 11.6 Å². The Morgan fingerprint density at radius 3 is 3.00 bits per heavy atom. The molecular weight excluding hydrogens is 213 g/mol. The molecule has 66 valence electrons. The van der Waals surface area contributed by atoms with Crippen molar-refractivity contribution in [1.29, 1.82) is 0 Å². The number of halogens is 2. The summed E-state index contributed by atoms with van der Waals surface area (Å²) in [7, 11) is 0. The molecule has 13 heavy (non-hydrogen) atoms. The van der Waals surface area contributed by atoms with Crippen molar-refractivity contribution in [2.75, 3.05) is 0 Å². The molecule has 0 aromatic carbocycles. The number of carbonyl (C=O) groups is 1. The molecule has 2 heterocycles. The van der Waals surface area contributed by atoms with Crippen LogP contribution in [0.1, 0.15) is 10.4 Å². The summed E-state index contributed by atoms with van der Waals surface area (Å²) in [5.41, 5.74) is 0.747. The van der Waals surface area contributed by atoms with Gasteiger partial charge in [-0.2, -0.15) is 5.10 Å². The first-order valence-electron chi connectivity index (χ1n) is 3.38. The van der Waals surface area contributed by atoms with E-state index in [0.29, 0.717) is 11.1 Å². The molecule has 0 amide bonds. The Kier molecular flexibility index (Phi) is 1.94. The van der Waals surface area contributed by atoms with E-state index in [1.165, 1.54) is 10.8 Å². The molecule has 0 aliphatic heterocycles. The Balaban J connectivity index is 2.86. The zero-order chi connectivity index (χ0) is 9.42. The van der Waals surface area contributed by atoms with Gasteiger partial charge in [0.25, 0.3) is 5.24 Å². The largest absolute Gasteiger partial charge is 0.276 e. The number of fused-ring (bicyclic) bond motifs is 1. The van der Waals surface area contributed by atoms with E-state index >= 15 is 0 Å². The average Bonchev–Trinajstić information content (AvgIpc) is 2.49. The van der Waals surface area contributed by atoms with Crippen LogP contribution in [-0.4, -0.2) is 19.8 Å². The van der Waals surface area contributed by atoms with Crippen molar-refractivity contribution in [3.05, 3.63) is 29.3 Å². The van der Waals surface area contributed by atoms with Crippen LogP contribution in [0.15, 0.2) is 18.6 Å². The first-order valence-corrected chi connectivity index (χ1v) is 4.13. The molecule has 2 rings (SSSR count). The van der Waals surface area contributed by atoms with Crippen molar-refractivity contribution in [2.24, 2.45) is 0 Å². The number of aromatic nitrogens is 3. The topological polar surface area (TPSA) is 47.3 Å². The molecule has 0 N–H and O–H groups in total. The zero-order valence-electron chi connectivity index (χ0n) is 6.24. The summed E-state index contributed by atoms with van der Waals surface area (Å²) in [5.74, 6) is 0. The van der Waals surface area contributed by atoms with Gasteiger partial charge in [-0.05, 0) is 17.7 Å². The zero-order valence-corrected chi connectivity index (χ0v) is 7.75. The lowest BCUT2D eigenvalue weighted by Gasteiger charge is -1.95. The molecule has 2 aromatic rings. The van der Waals surface area contributed by atoms with Gasteiger partial charge < -0.3 is 0 Å². The second-order valence-electron chi connectivity index (χ2n) is 2.35. The van der Waals surface area contributed by atoms with Crippen LogP contribution in [0, 0.1) is 0 Å². The van der Waals surface area contributed by atoms with E-state index in [0.717, 1.165) is 0 Å². The predicted molar refractivity (Wildman–Crippen MR) is 48.2 cm³/mol. The molecule has 0 aliphatic rings. The number of hydrogen-bond acceptors (Lipinski definition) is 3. The van der Waals surface area contributed by atoms with Crippen molar-refractivity contribution in [3.8, 4) is 0 Å². The van der Waals surface area contributed by atoms with Gasteiger partial charge >= 0.3 is 0 Å². The Labute approximate surface area is 83.1 Å². The van der Waals surface area contributed by atoms with E-state index in [1.807, 2.05) is 0 Å². The lowest BCUT2D eigenvalue weighted by Crippen LogP contribution is -1.95. The van der Waals surface area contributed by atoms with Crippen molar-refractivity contribution in [2.45, 2.75) is 0 Å². The van der Waals surface area contributed by atoms with Crippen LogP contribution >= 0.6 is 23.2 Å². The first-order chi connectivity index (χ1) is 6.20.